The Hall–Kier alpha value is -3.56. The molecule has 2 aromatic carbocycles. The van der Waals surface area contributed by atoms with Crippen molar-refractivity contribution in [2.45, 2.75) is 0 Å². The van der Waals surface area contributed by atoms with E-state index in [1.807, 2.05) is 36.4 Å². The monoisotopic (exact) mass is 360 g/mol. The van der Waals surface area contributed by atoms with Gasteiger partial charge in [0.05, 0.1) is 10.9 Å². The normalized spacial score (nSPS) is 10.7. The molecule has 0 aliphatic carbocycles. The number of para-hydroxylation sites is 1. The molecule has 4 aromatic rings. The van der Waals surface area contributed by atoms with Gasteiger partial charge < -0.3 is 15.2 Å². The second-order valence-corrected chi connectivity index (χ2v) is 6.62. The van der Waals surface area contributed by atoms with E-state index in [1.54, 1.807) is 23.6 Å². The highest BCUT2D eigenvalue weighted by Gasteiger charge is 2.17. The Morgan fingerprint density at radius 2 is 1.69 bits per heavy atom. The van der Waals surface area contributed by atoms with Gasteiger partial charge in [-0.2, -0.15) is 5.26 Å². The zero-order chi connectivity index (χ0) is 18.3. The predicted octanol–water partition coefficient (Wildman–Crippen LogP) is 4.21. The first-order valence-corrected chi connectivity index (χ1v) is 8.63. The largest absolute Gasteiger partial charge is 0.507 e. The number of hydrogen-bond acceptors (Lipinski definition) is 5. The molecule has 0 fully saturated rings. The molecule has 26 heavy (non-hydrogen) atoms. The van der Waals surface area contributed by atoms with E-state index < -0.39 is 5.56 Å². The van der Waals surface area contributed by atoms with Crippen LogP contribution in [-0.2, 0) is 0 Å². The van der Waals surface area contributed by atoms with Crippen molar-refractivity contribution in [1.82, 2.24) is 4.98 Å². The molecule has 0 saturated heterocycles. The van der Waals surface area contributed by atoms with Crippen molar-refractivity contribution in [1.29, 1.82) is 5.26 Å². The third-order valence-corrected chi connectivity index (χ3v) is 5.24. The predicted molar refractivity (Wildman–Crippen MR) is 101 cm³/mol. The van der Waals surface area contributed by atoms with Crippen LogP contribution in [0.15, 0.2) is 58.7 Å². The number of thiophene rings is 1. The second kappa shape index (κ2) is 6.06. The van der Waals surface area contributed by atoms with Gasteiger partial charge in [0, 0.05) is 15.8 Å². The van der Waals surface area contributed by atoms with E-state index in [-0.39, 0.29) is 17.1 Å². The number of rotatable bonds is 2. The molecule has 0 bridgehead atoms. The maximum atomic E-state index is 11.8. The van der Waals surface area contributed by atoms with Crippen molar-refractivity contribution >= 4 is 22.2 Å². The minimum atomic E-state index is -0.600. The molecule has 6 heteroatoms. The molecule has 0 atom stereocenters. The summed E-state index contributed by atoms with van der Waals surface area (Å²) in [5.74, 6) is -0.0945. The summed E-state index contributed by atoms with van der Waals surface area (Å²) < 4.78 is 0. The number of nitriles is 1. The Balaban J connectivity index is 1.86. The van der Waals surface area contributed by atoms with Crippen molar-refractivity contribution in [3.8, 4) is 39.1 Å². The van der Waals surface area contributed by atoms with Gasteiger partial charge in [-0.3, -0.25) is 4.79 Å². The van der Waals surface area contributed by atoms with Gasteiger partial charge in [0.2, 0.25) is 0 Å². The number of hydrogen-bond donors (Lipinski definition) is 3. The quantitative estimate of drug-likeness (QED) is 0.499. The fourth-order valence-electron chi connectivity index (χ4n) is 2.94. The van der Waals surface area contributed by atoms with Crippen LogP contribution >= 0.6 is 11.3 Å². The van der Waals surface area contributed by atoms with Crippen molar-refractivity contribution in [2.24, 2.45) is 0 Å². The molecule has 2 heterocycles. The Kier molecular flexibility index (Phi) is 3.72. The van der Waals surface area contributed by atoms with Crippen LogP contribution in [0.5, 0.6) is 11.5 Å². The van der Waals surface area contributed by atoms with Crippen molar-refractivity contribution in [2.75, 3.05) is 0 Å². The van der Waals surface area contributed by atoms with Crippen LogP contribution in [0.4, 0.5) is 0 Å². The molecular weight excluding hydrogens is 348 g/mol. The van der Waals surface area contributed by atoms with Gasteiger partial charge in [-0.05, 0) is 17.2 Å². The number of fused-ring (bicyclic) bond motifs is 1. The highest BCUT2D eigenvalue weighted by Crippen LogP contribution is 2.40. The summed E-state index contributed by atoms with van der Waals surface area (Å²) in [5, 5.41) is 31.6. The average molecular weight is 360 g/mol. The highest BCUT2D eigenvalue weighted by molar-refractivity contribution is 7.15. The van der Waals surface area contributed by atoms with Gasteiger partial charge in [0.15, 0.2) is 5.56 Å². The Bertz CT molecular complexity index is 1230. The minimum absolute atomic E-state index is 0.204. The summed E-state index contributed by atoms with van der Waals surface area (Å²) >= 11 is 1.37. The number of aromatic nitrogens is 1. The third-order valence-electron chi connectivity index (χ3n) is 4.21. The smallest absolute Gasteiger partial charge is 0.270 e. The molecule has 0 aliphatic rings. The number of phenols is 1. The summed E-state index contributed by atoms with van der Waals surface area (Å²) in [6, 6.07) is 16.3. The fourth-order valence-corrected chi connectivity index (χ4v) is 3.95. The Morgan fingerprint density at radius 1 is 1.00 bits per heavy atom. The summed E-state index contributed by atoms with van der Waals surface area (Å²) in [5.41, 5.74) is 2.04. The van der Waals surface area contributed by atoms with E-state index in [0.29, 0.717) is 10.9 Å². The second-order valence-electron chi connectivity index (χ2n) is 5.74. The Morgan fingerprint density at radius 3 is 2.38 bits per heavy atom. The number of benzene rings is 2. The van der Waals surface area contributed by atoms with Gasteiger partial charge in [0.25, 0.3) is 5.56 Å². The zero-order valence-corrected chi connectivity index (χ0v) is 14.2. The van der Waals surface area contributed by atoms with Crippen molar-refractivity contribution in [3.05, 3.63) is 69.8 Å². The number of nitrogens with zero attached hydrogens (tertiary/aromatic N) is 1. The van der Waals surface area contributed by atoms with Crippen LogP contribution in [0.1, 0.15) is 5.56 Å². The molecular formula is C20H12N2O3S. The highest BCUT2D eigenvalue weighted by atomic mass is 32.1. The first kappa shape index (κ1) is 15.9. The number of aromatic hydroxyl groups is 2. The van der Waals surface area contributed by atoms with Gasteiger partial charge in [-0.15, -0.1) is 11.3 Å². The van der Waals surface area contributed by atoms with Crippen LogP contribution in [0, 0.1) is 11.3 Å². The number of nitrogens with one attached hydrogen (secondary N) is 1. The van der Waals surface area contributed by atoms with Gasteiger partial charge >= 0.3 is 0 Å². The van der Waals surface area contributed by atoms with E-state index in [0.717, 1.165) is 21.6 Å². The van der Waals surface area contributed by atoms with E-state index in [2.05, 4.69) is 4.98 Å². The van der Waals surface area contributed by atoms with Crippen LogP contribution in [0.2, 0.25) is 0 Å². The maximum absolute atomic E-state index is 11.8. The van der Waals surface area contributed by atoms with Crippen molar-refractivity contribution < 1.29 is 10.2 Å². The average Bonchev–Trinajstić information content (AvgIpc) is 3.06. The lowest BCUT2D eigenvalue weighted by Crippen LogP contribution is -2.09. The molecule has 2 aromatic heterocycles. The fraction of sp³-hybridized carbons (Fsp3) is 0. The minimum Gasteiger partial charge on any atom is -0.507 e. The molecule has 5 nitrogen and oxygen atoms in total. The summed E-state index contributed by atoms with van der Waals surface area (Å²) in [4.78, 5) is 15.2. The lowest BCUT2D eigenvalue weighted by atomic mass is 10.0. The zero-order valence-electron chi connectivity index (χ0n) is 13.4. The van der Waals surface area contributed by atoms with Crippen LogP contribution < -0.4 is 5.56 Å². The summed E-state index contributed by atoms with van der Waals surface area (Å²) in [6.45, 7) is 0. The van der Waals surface area contributed by atoms with Crippen LogP contribution in [-0.4, -0.2) is 15.2 Å². The molecule has 0 spiro atoms. The molecule has 0 radical (unpaired) electrons. The molecule has 0 aliphatic heterocycles. The van der Waals surface area contributed by atoms with Gasteiger partial charge in [-0.1, -0.05) is 42.5 Å². The van der Waals surface area contributed by atoms with Gasteiger partial charge in [0.1, 0.15) is 17.6 Å². The number of pyridine rings is 1. The first-order valence-electron chi connectivity index (χ1n) is 7.75. The molecule has 4 rings (SSSR count). The lowest BCUT2D eigenvalue weighted by Gasteiger charge is -2.07. The van der Waals surface area contributed by atoms with E-state index >= 15 is 0 Å². The first-order chi connectivity index (χ1) is 12.6. The van der Waals surface area contributed by atoms with Gasteiger partial charge in [-0.25, -0.2) is 0 Å². The molecule has 0 amide bonds. The van der Waals surface area contributed by atoms with Crippen LogP contribution in [0.25, 0.3) is 32.5 Å². The van der Waals surface area contributed by atoms with E-state index in [4.69, 9.17) is 5.26 Å². The Labute approximate surface area is 152 Å². The topological polar surface area (TPSA) is 97.1 Å². The summed E-state index contributed by atoms with van der Waals surface area (Å²) in [6.07, 6.45) is 0. The van der Waals surface area contributed by atoms with Crippen molar-refractivity contribution in [3.63, 3.8) is 0 Å². The van der Waals surface area contributed by atoms with Crippen LogP contribution in [0.3, 0.4) is 0 Å². The molecule has 0 saturated carbocycles. The number of H-pyrrole nitrogens is 1. The third kappa shape index (κ3) is 2.42. The number of aromatic amines is 1. The SMILES string of the molecule is N#Cc1c(O)c2c(-c3ccc(-c4ccccc4O)cc3)scc2[nH]c1=O. The molecule has 3 N–H and O–H groups in total. The molecule has 0 unspecified atom stereocenters. The summed E-state index contributed by atoms with van der Waals surface area (Å²) in [7, 11) is 0. The maximum Gasteiger partial charge on any atom is 0.270 e. The van der Waals surface area contributed by atoms with E-state index in [9.17, 15) is 15.0 Å². The van der Waals surface area contributed by atoms with E-state index in [1.165, 1.54) is 11.3 Å². The molecule has 126 valence electrons. The lowest BCUT2D eigenvalue weighted by molar-refractivity contribution is 0.477. The standard InChI is InChI=1S/C20H12N2O3S/c21-9-14-18(24)17-15(22-20(14)25)10-26-19(17)12-7-5-11(6-8-12)13-3-1-2-4-16(13)23/h1-8,10,23-24H,(H,22,25). The number of phenolic OH excluding ortho intramolecular Hbond substituents is 1.